The molecule has 0 aliphatic carbocycles. The maximum absolute atomic E-state index is 12.5. The lowest BCUT2D eigenvalue weighted by molar-refractivity contribution is 0.0952. The molecule has 0 unspecified atom stereocenters. The Bertz CT molecular complexity index is 868. The third kappa shape index (κ3) is 4.14. The Hall–Kier alpha value is -3.34. The summed E-state index contributed by atoms with van der Waals surface area (Å²) in [5.74, 6) is -0.463. The fourth-order valence-electron chi connectivity index (χ4n) is 2.37. The maximum Gasteiger partial charge on any atom is 0.291 e. The molecule has 0 bridgehead atoms. The molecule has 0 aliphatic rings. The van der Waals surface area contributed by atoms with E-state index < -0.39 is 5.91 Å². The van der Waals surface area contributed by atoms with Gasteiger partial charge in [0.25, 0.3) is 11.8 Å². The first-order valence-corrected chi connectivity index (χ1v) is 7.91. The van der Waals surface area contributed by atoms with Gasteiger partial charge in [-0.05, 0) is 36.8 Å². The number of hydrogen-bond donors (Lipinski definition) is 2. The van der Waals surface area contributed by atoms with E-state index >= 15 is 0 Å². The topological polar surface area (TPSA) is 71.3 Å². The molecule has 1 aromatic heterocycles. The van der Waals surface area contributed by atoms with Gasteiger partial charge in [0.15, 0.2) is 5.76 Å². The van der Waals surface area contributed by atoms with Crippen molar-refractivity contribution in [2.24, 2.45) is 0 Å². The molecule has 0 radical (unpaired) electrons. The van der Waals surface area contributed by atoms with Crippen LogP contribution in [0.25, 0.3) is 0 Å². The van der Waals surface area contributed by atoms with Gasteiger partial charge >= 0.3 is 0 Å². The molecule has 5 nitrogen and oxygen atoms in total. The normalized spacial score (nSPS) is 10.3. The van der Waals surface area contributed by atoms with Crippen molar-refractivity contribution in [3.8, 4) is 0 Å². The second-order valence-corrected chi connectivity index (χ2v) is 5.65. The number of benzene rings is 2. The van der Waals surface area contributed by atoms with E-state index in [2.05, 4.69) is 10.6 Å². The molecule has 25 heavy (non-hydrogen) atoms. The number of carbonyl (C=O) groups excluding carboxylic acids is 2. The van der Waals surface area contributed by atoms with E-state index in [1.54, 1.807) is 36.4 Å². The molecule has 0 aliphatic heterocycles. The van der Waals surface area contributed by atoms with Gasteiger partial charge in [0, 0.05) is 6.54 Å². The largest absolute Gasteiger partial charge is 0.459 e. The van der Waals surface area contributed by atoms with Crippen LogP contribution < -0.4 is 10.6 Å². The number of carbonyl (C=O) groups is 2. The molecule has 3 rings (SSSR count). The molecule has 0 spiro atoms. The van der Waals surface area contributed by atoms with Crippen LogP contribution in [0.1, 0.15) is 32.0 Å². The highest BCUT2D eigenvalue weighted by Crippen LogP contribution is 2.17. The number of hydrogen-bond acceptors (Lipinski definition) is 3. The van der Waals surface area contributed by atoms with Gasteiger partial charge in [-0.2, -0.15) is 0 Å². The summed E-state index contributed by atoms with van der Waals surface area (Å²) >= 11 is 0. The standard InChI is InChI=1S/C20H18N2O3/c1-14-8-10-15(11-9-14)13-21-19(23)16-5-2-3-6-17(16)22-20(24)18-7-4-12-25-18/h2-12H,13H2,1H3,(H,21,23)(H,22,24). The lowest BCUT2D eigenvalue weighted by atomic mass is 10.1. The smallest absolute Gasteiger partial charge is 0.291 e. The van der Waals surface area contributed by atoms with E-state index in [0.29, 0.717) is 17.8 Å². The Balaban J connectivity index is 1.70. The van der Waals surface area contributed by atoms with E-state index in [9.17, 15) is 9.59 Å². The summed E-state index contributed by atoms with van der Waals surface area (Å²) in [7, 11) is 0. The second kappa shape index (κ2) is 7.49. The second-order valence-electron chi connectivity index (χ2n) is 5.65. The first-order chi connectivity index (χ1) is 12.1. The zero-order valence-electron chi connectivity index (χ0n) is 13.8. The van der Waals surface area contributed by atoms with Gasteiger partial charge in [-0.3, -0.25) is 9.59 Å². The number of nitrogens with one attached hydrogen (secondary N) is 2. The van der Waals surface area contributed by atoms with Crippen LogP contribution in [-0.2, 0) is 6.54 Å². The van der Waals surface area contributed by atoms with Crippen LogP contribution in [0.5, 0.6) is 0 Å². The highest BCUT2D eigenvalue weighted by Gasteiger charge is 2.15. The predicted molar refractivity (Wildman–Crippen MR) is 95.5 cm³/mol. The lowest BCUT2D eigenvalue weighted by Crippen LogP contribution is -2.24. The summed E-state index contributed by atoms with van der Waals surface area (Å²) in [6, 6.07) is 18.0. The van der Waals surface area contributed by atoms with E-state index in [1.807, 2.05) is 31.2 Å². The predicted octanol–water partition coefficient (Wildman–Crippen LogP) is 3.77. The summed E-state index contributed by atoms with van der Waals surface area (Å²) in [6.45, 7) is 2.43. The Labute approximate surface area is 145 Å². The van der Waals surface area contributed by atoms with Crippen molar-refractivity contribution in [1.29, 1.82) is 0 Å². The molecular weight excluding hydrogens is 316 g/mol. The van der Waals surface area contributed by atoms with Crippen molar-refractivity contribution in [2.45, 2.75) is 13.5 Å². The molecule has 0 saturated carbocycles. The fraction of sp³-hybridized carbons (Fsp3) is 0.100. The third-order valence-corrected chi connectivity index (χ3v) is 3.74. The van der Waals surface area contributed by atoms with Crippen LogP contribution in [0.3, 0.4) is 0 Å². The van der Waals surface area contributed by atoms with Crippen molar-refractivity contribution in [2.75, 3.05) is 5.32 Å². The zero-order valence-corrected chi connectivity index (χ0v) is 13.8. The van der Waals surface area contributed by atoms with Crippen LogP contribution >= 0.6 is 0 Å². The van der Waals surface area contributed by atoms with Gasteiger partial charge in [0.1, 0.15) is 0 Å². The van der Waals surface area contributed by atoms with Gasteiger partial charge < -0.3 is 15.1 Å². The average Bonchev–Trinajstić information content (AvgIpc) is 3.16. The number of para-hydroxylation sites is 1. The number of anilines is 1. The first kappa shape index (κ1) is 16.5. The number of aryl methyl sites for hydroxylation is 1. The minimum absolute atomic E-state index is 0.190. The highest BCUT2D eigenvalue weighted by molar-refractivity contribution is 6.07. The minimum atomic E-state index is -0.399. The minimum Gasteiger partial charge on any atom is -0.459 e. The van der Waals surface area contributed by atoms with E-state index in [-0.39, 0.29) is 11.7 Å². The molecule has 2 aromatic carbocycles. The molecule has 0 fully saturated rings. The number of furan rings is 1. The van der Waals surface area contributed by atoms with Gasteiger partial charge in [0.05, 0.1) is 17.5 Å². The van der Waals surface area contributed by atoms with Crippen LogP contribution in [0.15, 0.2) is 71.3 Å². The fourth-order valence-corrected chi connectivity index (χ4v) is 2.37. The van der Waals surface area contributed by atoms with Gasteiger partial charge in [0.2, 0.25) is 0 Å². The van der Waals surface area contributed by atoms with Gasteiger partial charge in [-0.1, -0.05) is 42.0 Å². The van der Waals surface area contributed by atoms with Crippen LogP contribution in [0.2, 0.25) is 0 Å². The number of rotatable bonds is 5. The van der Waals surface area contributed by atoms with E-state index in [4.69, 9.17) is 4.42 Å². The first-order valence-electron chi connectivity index (χ1n) is 7.91. The Morgan fingerprint density at radius 1 is 0.920 bits per heavy atom. The van der Waals surface area contributed by atoms with Gasteiger partial charge in [-0.15, -0.1) is 0 Å². The molecular formula is C20H18N2O3. The molecule has 2 amide bonds. The highest BCUT2D eigenvalue weighted by atomic mass is 16.3. The average molecular weight is 334 g/mol. The Morgan fingerprint density at radius 2 is 1.68 bits per heavy atom. The Morgan fingerprint density at radius 3 is 2.40 bits per heavy atom. The monoisotopic (exact) mass is 334 g/mol. The molecule has 5 heteroatoms. The summed E-state index contributed by atoms with van der Waals surface area (Å²) in [5.41, 5.74) is 3.01. The van der Waals surface area contributed by atoms with Crippen LogP contribution in [-0.4, -0.2) is 11.8 Å². The van der Waals surface area contributed by atoms with E-state index in [1.165, 1.54) is 11.8 Å². The SMILES string of the molecule is Cc1ccc(CNC(=O)c2ccccc2NC(=O)c2ccco2)cc1. The Kier molecular flexibility index (Phi) is 4.95. The van der Waals surface area contributed by atoms with Crippen molar-refractivity contribution in [3.05, 3.63) is 89.4 Å². The molecule has 126 valence electrons. The molecule has 0 saturated heterocycles. The lowest BCUT2D eigenvalue weighted by Gasteiger charge is -2.11. The van der Waals surface area contributed by atoms with Crippen molar-refractivity contribution >= 4 is 17.5 Å². The van der Waals surface area contributed by atoms with Crippen molar-refractivity contribution < 1.29 is 14.0 Å². The molecule has 2 N–H and O–H groups in total. The van der Waals surface area contributed by atoms with Gasteiger partial charge in [-0.25, -0.2) is 0 Å². The summed E-state index contributed by atoms with van der Waals surface area (Å²) < 4.78 is 5.07. The van der Waals surface area contributed by atoms with Crippen molar-refractivity contribution in [1.82, 2.24) is 5.32 Å². The number of amides is 2. The van der Waals surface area contributed by atoms with Crippen molar-refractivity contribution in [3.63, 3.8) is 0 Å². The van der Waals surface area contributed by atoms with Crippen LogP contribution in [0, 0.1) is 6.92 Å². The van der Waals surface area contributed by atoms with Crippen LogP contribution in [0.4, 0.5) is 5.69 Å². The third-order valence-electron chi connectivity index (χ3n) is 3.74. The van der Waals surface area contributed by atoms with E-state index in [0.717, 1.165) is 5.56 Å². The summed E-state index contributed by atoms with van der Waals surface area (Å²) in [5, 5.41) is 5.58. The molecule has 1 heterocycles. The zero-order chi connectivity index (χ0) is 17.6. The molecule has 3 aromatic rings. The summed E-state index contributed by atoms with van der Waals surface area (Å²) in [4.78, 5) is 24.6. The summed E-state index contributed by atoms with van der Waals surface area (Å²) in [6.07, 6.45) is 1.43. The quantitative estimate of drug-likeness (QED) is 0.746. The molecule has 0 atom stereocenters. The maximum atomic E-state index is 12.5.